The van der Waals surface area contributed by atoms with Gasteiger partial charge in [0, 0.05) is 12.0 Å². The van der Waals surface area contributed by atoms with Gasteiger partial charge in [-0.2, -0.15) is 0 Å². The number of nitrogens with one attached hydrogen (secondary N) is 1. The molecule has 0 aromatic heterocycles. The maximum atomic E-state index is 10.1. The van der Waals surface area contributed by atoms with Crippen molar-refractivity contribution in [2.24, 2.45) is 5.41 Å². The lowest BCUT2D eigenvalue weighted by Gasteiger charge is -2.40. The summed E-state index contributed by atoms with van der Waals surface area (Å²) in [5.74, 6) is 0. The highest BCUT2D eigenvalue weighted by Gasteiger charge is 2.39. The second kappa shape index (κ2) is 6.36. The number of hydrogen-bond acceptors (Lipinski definition) is 3. The molecule has 1 aliphatic rings. The number of aliphatic hydroxyl groups is 2. The summed E-state index contributed by atoms with van der Waals surface area (Å²) in [6, 6.07) is 10.0. The summed E-state index contributed by atoms with van der Waals surface area (Å²) >= 11 is 0. The van der Waals surface area contributed by atoms with Gasteiger partial charge in [-0.3, -0.25) is 0 Å². The van der Waals surface area contributed by atoms with Crippen LogP contribution in [0, 0.1) is 5.41 Å². The van der Waals surface area contributed by atoms with Crippen LogP contribution in [0.25, 0.3) is 0 Å². The normalized spacial score (nSPS) is 28.5. The fraction of sp³-hybridized carbons (Fsp3) is 0.538. The molecule has 4 heteroatoms. The van der Waals surface area contributed by atoms with Gasteiger partial charge in [-0.1, -0.05) is 30.3 Å². The van der Waals surface area contributed by atoms with E-state index in [-0.39, 0.29) is 19.0 Å². The van der Waals surface area contributed by atoms with Gasteiger partial charge >= 0.3 is 0 Å². The lowest BCUT2D eigenvalue weighted by atomic mass is 9.74. The zero-order valence-electron chi connectivity index (χ0n) is 9.80. The van der Waals surface area contributed by atoms with Gasteiger partial charge in [-0.25, -0.2) is 0 Å². The van der Waals surface area contributed by atoms with Gasteiger partial charge < -0.3 is 15.5 Å². The highest BCUT2D eigenvalue weighted by atomic mass is 35.5. The molecule has 3 nitrogen and oxygen atoms in total. The van der Waals surface area contributed by atoms with Gasteiger partial charge in [-0.05, 0) is 24.9 Å². The number of piperidine rings is 1. The molecule has 0 bridgehead atoms. The maximum absolute atomic E-state index is 10.1. The van der Waals surface area contributed by atoms with Crippen molar-refractivity contribution in [1.82, 2.24) is 5.32 Å². The van der Waals surface area contributed by atoms with Gasteiger partial charge in [-0.15, -0.1) is 12.4 Å². The minimum absolute atomic E-state index is 0. The average molecular weight is 258 g/mol. The van der Waals surface area contributed by atoms with Crippen molar-refractivity contribution in [2.75, 3.05) is 19.7 Å². The van der Waals surface area contributed by atoms with Crippen LogP contribution in [0.4, 0.5) is 0 Å². The Morgan fingerprint density at radius 2 is 2.00 bits per heavy atom. The molecule has 17 heavy (non-hydrogen) atoms. The molecule has 0 saturated carbocycles. The molecule has 0 spiro atoms. The largest absolute Gasteiger partial charge is 0.396 e. The van der Waals surface area contributed by atoms with Crippen molar-refractivity contribution in [2.45, 2.75) is 18.9 Å². The van der Waals surface area contributed by atoms with Crippen molar-refractivity contribution in [3.05, 3.63) is 35.9 Å². The van der Waals surface area contributed by atoms with Crippen molar-refractivity contribution in [1.29, 1.82) is 0 Å². The molecule has 2 atom stereocenters. The SMILES string of the molecule is Cl.OC[C@@]1(Cc2ccccc2)CNCC[C@@H]1O. The second-order valence-corrected chi connectivity index (χ2v) is 4.66. The van der Waals surface area contributed by atoms with E-state index < -0.39 is 11.5 Å². The third kappa shape index (κ3) is 3.19. The van der Waals surface area contributed by atoms with Gasteiger partial charge in [0.15, 0.2) is 0 Å². The Labute approximate surface area is 108 Å². The van der Waals surface area contributed by atoms with Gasteiger partial charge in [0.1, 0.15) is 0 Å². The first-order valence-electron chi connectivity index (χ1n) is 5.80. The molecule has 0 amide bonds. The standard InChI is InChI=1S/C13H19NO2.ClH/c15-10-13(9-14-7-6-12(13)16)8-11-4-2-1-3-5-11;/h1-5,12,14-16H,6-10H2;1H/t12-,13+;/m0./s1. The molecule has 0 unspecified atom stereocenters. The summed E-state index contributed by atoms with van der Waals surface area (Å²) in [5, 5.41) is 22.9. The first-order valence-corrected chi connectivity index (χ1v) is 5.80. The predicted octanol–water partition coefficient (Wildman–Crippen LogP) is 0.984. The highest BCUT2D eigenvalue weighted by molar-refractivity contribution is 5.85. The lowest BCUT2D eigenvalue weighted by molar-refractivity contribution is -0.0370. The summed E-state index contributed by atoms with van der Waals surface area (Å²) in [5.41, 5.74) is 0.749. The van der Waals surface area contributed by atoms with Crippen LogP contribution in [0.5, 0.6) is 0 Å². The van der Waals surface area contributed by atoms with Crippen LogP contribution in [0.15, 0.2) is 30.3 Å². The first kappa shape index (κ1) is 14.5. The third-order valence-corrected chi connectivity index (χ3v) is 3.49. The van der Waals surface area contributed by atoms with Crippen LogP contribution in [0.1, 0.15) is 12.0 Å². The summed E-state index contributed by atoms with van der Waals surface area (Å²) in [7, 11) is 0. The molecule has 1 aromatic rings. The van der Waals surface area contributed by atoms with E-state index in [1.807, 2.05) is 30.3 Å². The van der Waals surface area contributed by atoms with E-state index in [1.165, 1.54) is 5.56 Å². The Bertz CT molecular complexity index is 333. The van der Waals surface area contributed by atoms with E-state index in [4.69, 9.17) is 0 Å². The fourth-order valence-electron chi connectivity index (χ4n) is 2.40. The van der Waals surface area contributed by atoms with Crippen LogP contribution in [-0.4, -0.2) is 36.0 Å². The van der Waals surface area contributed by atoms with Gasteiger partial charge in [0.2, 0.25) is 0 Å². The Hall–Kier alpha value is -0.610. The summed E-state index contributed by atoms with van der Waals surface area (Å²) in [4.78, 5) is 0. The highest BCUT2D eigenvalue weighted by Crippen LogP contribution is 2.30. The fourth-order valence-corrected chi connectivity index (χ4v) is 2.40. The van der Waals surface area contributed by atoms with Crippen LogP contribution >= 0.6 is 12.4 Å². The predicted molar refractivity (Wildman–Crippen MR) is 70.4 cm³/mol. The number of rotatable bonds is 3. The summed E-state index contributed by atoms with van der Waals surface area (Å²) < 4.78 is 0. The van der Waals surface area contributed by atoms with E-state index in [2.05, 4.69) is 5.32 Å². The second-order valence-electron chi connectivity index (χ2n) is 4.66. The summed E-state index contributed by atoms with van der Waals surface area (Å²) in [6.07, 6.45) is 1.02. The number of halogens is 1. The molecule has 96 valence electrons. The molecule has 0 aliphatic carbocycles. The molecular weight excluding hydrogens is 238 g/mol. The molecule has 3 N–H and O–H groups in total. The molecule has 1 aliphatic heterocycles. The van der Waals surface area contributed by atoms with E-state index in [0.717, 1.165) is 13.0 Å². The Morgan fingerprint density at radius 1 is 1.29 bits per heavy atom. The molecule has 1 fully saturated rings. The number of hydrogen-bond donors (Lipinski definition) is 3. The van der Waals surface area contributed by atoms with Gasteiger partial charge in [0.05, 0.1) is 12.7 Å². The lowest BCUT2D eigenvalue weighted by Crippen LogP contribution is -2.53. The molecule has 1 aromatic carbocycles. The zero-order valence-corrected chi connectivity index (χ0v) is 10.6. The maximum Gasteiger partial charge on any atom is 0.0645 e. The molecule has 1 heterocycles. The summed E-state index contributed by atoms with van der Waals surface area (Å²) in [6.45, 7) is 1.54. The van der Waals surface area contributed by atoms with E-state index >= 15 is 0 Å². The molecule has 2 rings (SSSR count). The minimum Gasteiger partial charge on any atom is -0.396 e. The van der Waals surface area contributed by atoms with Crippen LogP contribution in [0.2, 0.25) is 0 Å². The van der Waals surface area contributed by atoms with E-state index in [1.54, 1.807) is 0 Å². The van der Waals surface area contributed by atoms with Crippen LogP contribution in [-0.2, 0) is 6.42 Å². The zero-order chi connectivity index (χ0) is 11.4. The molecule has 0 radical (unpaired) electrons. The van der Waals surface area contributed by atoms with Gasteiger partial charge in [0.25, 0.3) is 0 Å². The number of aliphatic hydroxyl groups excluding tert-OH is 2. The van der Waals surface area contributed by atoms with Crippen molar-refractivity contribution in [3.63, 3.8) is 0 Å². The van der Waals surface area contributed by atoms with Crippen LogP contribution < -0.4 is 5.32 Å². The smallest absolute Gasteiger partial charge is 0.0645 e. The Kier molecular flexibility index (Phi) is 5.40. The average Bonchev–Trinajstić information content (AvgIpc) is 2.34. The first-order chi connectivity index (χ1) is 7.77. The number of benzene rings is 1. The Balaban J connectivity index is 0.00000144. The van der Waals surface area contributed by atoms with E-state index in [0.29, 0.717) is 13.0 Å². The van der Waals surface area contributed by atoms with Crippen molar-refractivity contribution in [3.8, 4) is 0 Å². The van der Waals surface area contributed by atoms with Crippen molar-refractivity contribution >= 4 is 12.4 Å². The van der Waals surface area contributed by atoms with Crippen LogP contribution in [0.3, 0.4) is 0 Å². The monoisotopic (exact) mass is 257 g/mol. The van der Waals surface area contributed by atoms with Crippen molar-refractivity contribution < 1.29 is 10.2 Å². The minimum atomic E-state index is -0.418. The topological polar surface area (TPSA) is 52.5 Å². The molecule has 1 saturated heterocycles. The Morgan fingerprint density at radius 3 is 2.59 bits per heavy atom. The van der Waals surface area contributed by atoms with E-state index in [9.17, 15) is 10.2 Å². The quantitative estimate of drug-likeness (QED) is 0.757. The molecular formula is C13H20ClNO2. The third-order valence-electron chi connectivity index (χ3n) is 3.49.